The Morgan fingerprint density at radius 3 is 2.86 bits per heavy atom. The normalized spacial score (nSPS) is 18.9. The Bertz CT molecular complexity index is 528. The summed E-state index contributed by atoms with van der Waals surface area (Å²) in [5, 5.41) is 11.0. The second-order valence-corrected chi connectivity index (χ2v) is 6.61. The molecule has 0 bridgehead atoms. The van der Waals surface area contributed by atoms with E-state index in [-0.39, 0.29) is 18.6 Å². The molecule has 1 fully saturated rings. The summed E-state index contributed by atoms with van der Waals surface area (Å²) in [4.78, 5) is 14.0. The molecule has 21 heavy (non-hydrogen) atoms. The van der Waals surface area contributed by atoms with E-state index in [9.17, 15) is 9.90 Å². The lowest BCUT2D eigenvalue weighted by molar-refractivity contribution is -0.138. The molecule has 0 aliphatic carbocycles. The lowest BCUT2D eigenvalue weighted by atomic mass is 9.97. The van der Waals surface area contributed by atoms with Crippen LogP contribution in [0.1, 0.15) is 26.7 Å². The van der Waals surface area contributed by atoms with Crippen LogP contribution in [0.25, 0.3) is 0 Å². The predicted molar refractivity (Wildman–Crippen MR) is 83.0 cm³/mol. The van der Waals surface area contributed by atoms with Gasteiger partial charge in [-0.1, -0.05) is 23.2 Å². The summed E-state index contributed by atoms with van der Waals surface area (Å²) in [5.41, 5.74) is -0.917. The van der Waals surface area contributed by atoms with E-state index in [4.69, 9.17) is 27.9 Å². The molecule has 116 valence electrons. The minimum Gasteiger partial charge on any atom is -0.482 e. The van der Waals surface area contributed by atoms with Gasteiger partial charge in [-0.25, -0.2) is 0 Å². The molecule has 1 aromatic rings. The molecule has 1 saturated heterocycles. The fourth-order valence-electron chi connectivity index (χ4n) is 2.61. The van der Waals surface area contributed by atoms with Gasteiger partial charge in [0.05, 0.1) is 16.7 Å². The highest BCUT2D eigenvalue weighted by Gasteiger charge is 2.38. The number of carbonyl (C=O) groups excluding carboxylic acids is 1. The molecule has 1 atom stereocenters. The van der Waals surface area contributed by atoms with Crippen molar-refractivity contribution in [1.29, 1.82) is 0 Å². The van der Waals surface area contributed by atoms with Gasteiger partial charge in [0.1, 0.15) is 5.75 Å². The maximum atomic E-state index is 12.3. The molecule has 1 aliphatic heterocycles. The standard InChI is InChI=1S/C15H19Cl2NO3/c1-15(2,20)13-4-3-7-18(13)14(19)9-21-12-8-10(16)5-6-11(12)17/h5-6,8,13,20H,3-4,7,9H2,1-2H3. The number of likely N-dealkylation sites (tertiary alicyclic amines) is 1. The second-order valence-electron chi connectivity index (χ2n) is 5.76. The summed E-state index contributed by atoms with van der Waals surface area (Å²) >= 11 is 11.9. The molecule has 1 N–H and O–H groups in total. The average molecular weight is 332 g/mol. The highest BCUT2D eigenvalue weighted by Crippen LogP contribution is 2.29. The Balaban J connectivity index is 2.00. The van der Waals surface area contributed by atoms with Crippen LogP contribution in [0.15, 0.2) is 18.2 Å². The fraction of sp³-hybridized carbons (Fsp3) is 0.533. The summed E-state index contributed by atoms with van der Waals surface area (Å²) in [7, 11) is 0. The van der Waals surface area contributed by atoms with Crippen molar-refractivity contribution >= 4 is 29.1 Å². The summed E-state index contributed by atoms with van der Waals surface area (Å²) in [6, 6.07) is 4.68. The van der Waals surface area contributed by atoms with Crippen LogP contribution in [0, 0.1) is 0 Å². The number of aliphatic hydroxyl groups is 1. The number of benzene rings is 1. The highest BCUT2D eigenvalue weighted by atomic mass is 35.5. The average Bonchev–Trinajstić information content (AvgIpc) is 2.88. The molecular formula is C15H19Cl2NO3. The zero-order valence-electron chi connectivity index (χ0n) is 12.1. The molecule has 0 spiro atoms. The number of hydrogen-bond donors (Lipinski definition) is 1. The van der Waals surface area contributed by atoms with Crippen LogP contribution < -0.4 is 4.74 Å². The molecule has 1 aromatic carbocycles. The van der Waals surface area contributed by atoms with E-state index < -0.39 is 5.60 Å². The molecule has 2 rings (SSSR count). The quantitative estimate of drug-likeness (QED) is 0.922. The Labute approximate surface area is 134 Å². The van der Waals surface area contributed by atoms with Crippen molar-refractivity contribution in [3.8, 4) is 5.75 Å². The fourth-order valence-corrected chi connectivity index (χ4v) is 2.94. The zero-order chi connectivity index (χ0) is 15.6. The minimum absolute atomic E-state index is 0.118. The van der Waals surface area contributed by atoms with Crippen molar-refractivity contribution in [3.63, 3.8) is 0 Å². The van der Waals surface area contributed by atoms with Crippen LogP contribution in [-0.2, 0) is 4.79 Å². The van der Waals surface area contributed by atoms with Gasteiger partial charge >= 0.3 is 0 Å². The van der Waals surface area contributed by atoms with Gasteiger partial charge < -0.3 is 14.7 Å². The first-order chi connectivity index (χ1) is 9.79. The van der Waals surface area contributed by atoms with E-state index in [1.807, 2.05) is 0 Å². The molecule has 1 heterocycles. The topological polar surface area (TPSA) is 49.8 Å². The van der Waals surface area contributed by atoms with E-state index in [2.05, 4.69) is 0 Å². The van der Waals surface area contributed by atoms with Crippen molar-refractivity contribution in [2.24, 2.45) is 0 Å². The van der Waals surface area contributed by atoms with Crippen molar-refractivity contribution in [1.82, 2.24) is 4.90 Å². The summed E-state index contributed by atoms with van der Waals surface area (Å²) in [6.45, 7) is 3.96. The molecule has 1 amide bonds. The van der Waals surface area contributed by atoms with Crippen molar-refractivity contribution < 1.29 is 14.6 Å². The van der Waals surface area contributed by atoms with Gasteiger partial charge in [-0.15, -0.1) is 0 Å². The number of carbonyl (C=O) groups is 1. The third-order valence-electron chi connectivity index (χ3n) is 3.63. The van der Waals surface area contributed by atoms with Gasteiger partial charge in [-0.2, -0.15) is 0 Å². The van der Waals surface area contributed by atoms with Gasteiger partial charge in [0.25, 0.3) is 5.91 Å². The smallest absolute Gasteiger partial charge is 0.260 e. The molecule has 0 saturated carbocycles. The monoisotopic (exact) mass is 331 g/mol. The molecular weight excluding hydrogens is 313 g/mol. The van der Waals surface area contributed by atoms with Gasteiger partial charge in [0.15, 0.2) is 6.61 Å². The Morgan fingerprint density at radius 1 is 1.48 bits per heavy atom. The lowest BCUT2D eigenvalue weighted by Gasteiger charge is -2.33. The maximum absolute atomic E-state index is 12.3. The maximum Gasteiger partial charge on any atom is 0.260 e. The highest BCUT2D eigenvalue weighted by molar-refractivity contribution is 6.34. The van der Waals surface area contributed by atoms with Gasteiger partial charge in [0, 0.05) is 17.6 Å². The van der Waals surface area contributed by atoms with Gasteiger partial charge in [0.2, 0.25) is 0 Å². The summed E-state index contributed by atoms with van der Waals surface area (Å²) < 4.78 is 5.46. The van der Waals surface area contributed by atoms with E-state index in [0.29, 0.717) is 22.3 Å². The zero-order valence-corrected chi connectivity index (χ0v) is 13.6. The SMILES string of the molecule is CC(C)(O)C1CCCN1C(=O)COc1cc(Cl)ccc1Cl. The first-order valence-corrected chi connectivity index (χ1v) is 7.64. The van der Waals surface area contributed by atoms with E-state index in [1.165, 1.54) is 0 Å². The molecule has 1 unspecified atom stereocenters. The number of ether oxygens (including phenoxy) is 1. The van der Waals surface area contributed by atoms with Crippen molar-refractivity contribution in [3.05, 3.63) is 28.2 Å². The number of hydrogen-bond acceptors (Lipinski definition) is 3. The summed E-state index contributed by atoms with van der Waals surface area (Å²) in [5.74, 6) is 0.229. The number of nitrogens with zero attached hydrogens (tertiary/aromatic N) is 1. The third kappa shape index (κ3) is 4.02. The largest absolute Gasteiger partial charge is 0.482 e. The Kier molecular flexibility index (Phi) is 5.02. The van der Waals surface area contributed by atoms with Crippen LogP contribution in [0.4, 0.5) is 0 Å². The van der Waals surface area contributed by atoms with Crippen LogP contribution in [0.5, 0.6) is 5.75 Å². The summed E-state index contributed by atoms with van der Waals surface area (Å²) in [6.07, 6.45) is 1.69. The molecule has 6 heteroatoms. The van der Waals surface area contributed by atoms with Gasteiger partial charge in [-0.05, 0) is 38.8 Å². The van der Waals surface area contributed by atoms with Gasteiger partial charge in [-0.3, -0.25) is 4.79 Å². The number of amides is 1. The number of rotatable bonds is 4. The first-order valence-electron chi connectivity index (χ1n) is 6.89. The van der Waals surface area contributed by atoms with Crippen LogP contribution in [0.3, 0.4) is 0 Å². The van der Waals surface area contributed by atoms with Crippen LogP contribution >= 0.6 is 23.2 Å². The van der Waals surface area contributed by atoms with Crippen molar-refractivity contribution in [2.45, 2.75) is 38.3 Å². The molecule has 0 aromatic heterocycles. The minimum atomic E-state index is -0.917. The Hall–Kier alpha value is -0.970. The third-order valence-corrected chi connectivity index (χ3v) is 4.18. The van der Waals surface area contributed by atoms with Crippen LogP contribution in [-0.4, -0.2) is 40.7 Å². The second kappa shape index (κ2) is 6.42. The van der Waals surface area contributed by atoms with E-state index in [0.717, 1.165) is 12.8 Å². The lowest BCUT2D eigenvalue weighted by Crippen LogP contribution is -2.49. The van der Waals surface area contributed by atoms with Crippen molar-refractivity contribution in [2.75, 3.05) is 13.2 Å². The predicted octanol–water partition coefficient (Wildman–Crippen LogP) is 3.13. The molecule has 1 aliphatic rings. The Morgan fingerprint density at radius 2 is 2.19 bits per heavy atom. The number of halogens is 2. The molecule has 4 nitrogen and oxygen atoms in total. The van der Waals surface area contributed by atoms with Crippen LogP contribution in [0.2, 0.25) is 10.0 Å². The first kappa shape index (κ1) is 16.4. The molecule has 0 radical (unpaired) electrons. The van der Waals surface area contributed by atoms with E-state index in [1.54, 1.807) is 36.9 Å². The van der Waals surface area contributed by atoms with E-state index >= 15 is 0 Å².